The molecule has 0 aliphatic heterocycles. The van der Waals surface area contributed by atoms with E-state index in [1.165, 1.54) is 17.7 Å². The van der Waals surface area contributed by atoms with Gasteiger partial charge in [-0.3, -0.25) is 0 Å². The second kappa shape index (κ2) is 6.14. The van der Waals surface area contributed by atoms with E-state index >= 15 is 0 Å². The quantitative estimate of drug-likeness (QED) is 0.784. The lowest BCUT2D eigenvalue weighted by molar-refractivity contribution is 0.450. The smallest absolute Gasteiger partial charge is 0.0897 e. The standard InChI is InChI=1S/C11H20N2S/c1-4-10(5-2)6-12-7-11-8-13-9(3)14-11/h8,10,12H,4-7H2,1-3H3. The highest BCUT2D eigenvalue weighted by Gasteiger charge is 2.03. The van der Waals surface area contributed by atoms with Crippen molar-refractivity contribution in [3.8, 4) is 0 Å². The van der Waals surface area contributed by atoms with Gasteiger partial charge in [-0.1, -0.05) is 26.7 Å². The molecule has 0 radical (unpaired) electrons. The van der Waals surface area contributed by atoms with Crippen LogP contribution >= 0.6 is 11.3 Å². The van der Waals surface area contributed by atoms with Gasteiger partial charge in [0.25, 0.3) is 0 Å². The fourth-order valence-electron chi connectivity index (χ4n) is 1.46. The van der Waals surface area contributed by atoms with Gasteiger partial charge in [0.1, 0.15) is 0 Å². The van der Waals surface area contributed by atoms with Crippen LogP contribution in [0.2, 0.25) is 0 Å². The molecule has 1 N–H and O–H groups in total. The molecule has 1 aromatic heterocycles. The molecule has 0 amide bonds. The summed E-state index contributed by atoms with van der Waals surface area (Å²) in [5.41, 5.74) is 0. The molecule has 14 heavy (non-hydrogen) atoms. The van der Waals surface area contributed by atoms with E-state index in [1.54, 1.807) is 11.3 Å². The van der Waals surface area contributed by atoms with E-state index in [4.69, 9.17) is 0 Å². The summed E-state index contributed by atoms with van der Waals surface area (Å²) in [4.78, 5) is 5.57. The number of aromatic nitrogens is 1. The molecular weight excluding hydrogens is 192 g/mol. The first-order valence-corrected chi connectivity index (χ1v) is 6.19. The number of thiazole rings is 1. The summed E-state index contributed by atoms with van der Waals surface area (Å²) in [6.45, 7) is 8.67. The molecule has 0 aromatic carbocycles. The van der Waals surface area contributed by atoms with Crippen molar-refractivity contribution in [1.29, 1.82) is 0 Å². The van der Waals surface area contributed by atoms with Crippen LogP contribution in [0.3, 0.4) is 0 Å². The second-order valence-electron chi connectivity index (χ2n) is 3.66. The average molecular weight is 212 g/mol. The van der Waals surface area contributed by atoms with Crippen LogP contribution in [0.4, 0.5) is 0 Å². The van der Waals surface area contributed by atoms with E-state index in [0.717, 1.165) is 24.0 Å². The van der Waals surface area contributed by atoms with Gasteiger partial charge in [0.2, 0.25) is 0 Å². The Morgan fingerprint density at radius 3 is 2.64 bits per heavy atom. The van der Waals surface area contributed by atoms with Crippen molar-refractivity contribution >= 4 is 11.3 Å². The molecule has 0 saturated heterocycles. The second-order valence-corrected chi connectivity index (χ2v) is 4.98. The lowest BCUT2D eigenvalue weighted by atomic mass is 10.0. The predicted octanol–water partition coefficient (Wildman–Crippen LogP) is 2.98. The molecule has 0 saturated carbocycles. The molecule has 0 aliphatic carbocycles. The Morgan fingerprint density at radius 2 is 2.14 bits per heavy atom. The summed E-state index contributed by atoms with van der Waals surface area (Å²) in [5.74, 6) is 0.823. The van der Waals surface area contributed by atoms with Crippen LogP contribution in [0.25, 0.3) is 0 Å². The number of hydrogen-bond acceptors (Lipinski definition) is 3. The number of rotatable bonds is 6. The summed E-state index contributed by atoms with van der Waals surface area (Å²) in [6.07, 6.45) is 4.51. The Bertz CT molecular complexity index is 254. The molecule has 0 spiro atoms. The largest absolute Gasteiger partial charge is 0.312 e. The van der Waals surface area contributed by atoms with E-state index in [9.17, 15) is 0 Å². The first-order valence-electron chi connectivity index (χ1n) is 5.38. The van der Waals surface area contributed by atoms with Crippen molar-refractivity contribution in [2.24, 2.45) is 5.92 Å². The third kappa shape index (κ3) is 3.76. The van der Waals surface area contributed by atoms with Crippen LogP contribution in [-0.2, 0) is 6.54 Å². The van der Waals surface area contributed by atoms with Crippen molar-refractivity contribution in [3.05, 3.63) is 16.1 Å². The van der Waals surface area contributed by atoms with Crippen LogP contribution in [0.5, 0.6) is 0 Å². The highest BCUT2D eigenvalue weighted by Crippen LogP contribution is 2.11. The third-order valence-electron chi connectivity index (χ3n) is 2.56. The highest BCUT2D eigenvalue weighted by atomic mass is 32.1. The average Bonchev–Trinajstić information content (AvgIpc) is 2.59. The van der Waals surface area contributed by atoms with Crippen LogP contribution in [0, 0.1) is 12.8 Å². The van der Waals surface area contributed by atoms with Crippen molar-refractivity contribution < 1.29 is 0 Å². The van der Waals surface area contributed by atoms with Gasteiger partial charge in [-0.2, -0.15) is 0 Å². The zero-order valence-electron chi connectivity index (χ0n) is 9.34. The van der Waals surface area contributed by atoms with Gasteiger partial charge in [0, 0.05) is 17.6 Å². The summed E-state index contributed by atoms with van der Waals surface area (Å²) >= 11 is 1.78. The molecule has 0 aliphatic rings. The topological polar surface area (TPSA) is 24.9 Å². The molecule has 0 fully saturated rings. The van der Waals surface area contributed by atoms with Gasteiger partial charge in [0.05, 0.1) is 5.01 Å². The third-order valence-corrected chi connectivity index (χ3v) is 3.47. The summed E-state index contributed by atoms with van der Waals surface area (Å²) in [6, 6.07) is 0. The number of nitrogens with zero attached hydrogens (tertiary/aromatic N) is 1. The Hall–Kier alpha value is -0.410. The van der Waals surface area contributed by atoms with Crippen molar-refractivity contribution in [1.82, 2.24) is 10.3 Å². The van der Waals surface area contributed by atoms with Crippen LogP contribution < -0.4 is 5.32 Å². The monoisotopic (exact) mass is 212 g/mol. The van der Waals surface area contributed by atoms with Crippen molar-refractivity contribution in [3.63, 3.8) is 0 Å². The molecule has 1 heterocycles. The molecule has 1 rings (SSSR count). The zero-order valence-corrected chi connectivity index (χ0v) is 10.2. The summed E-state index contributed by atoms with van der Waals surface area (Å²) < 4.78 is 0. The van der Waals surface area contributed by atoms with Gasteiger partial charge >= 0.3 is 0 Å². The van der Waals surface area contributed by atoms with Crippen LogP contribution in [0.15, 0.2) is 6.20 Å². The minimum atomic E-state index is 0.823. The van der Waals surface area contributed by atoms with Gasteiger partial charge in [-0.15, -0.1) is 11.3 Å². The van der Waals surface area contributed by atoms with E-state index in [-0.39, 0.29) is 0 Å². The molecule has 80 valence electrons. The van der Waals surface area contributed by atoms with Gasteiger partial charge in [-0.05, 0) is 19.4 Å². The van der Waals surface area contributed by atoms with Crippen molar-refractivity contribution in [2.45, 2.75) is 40.2 Å². The molecule has 0 unspecified atom stereocenters. The fraction of sp³-hybridized carbons (Fsp3) is 0.727. The SMILES string of the molecule is CCC(CC)CNCc1cnc(C)s1. The Balaban J connectivity index is 2.21. The molecule has 0 atom stereocenters. The van der Waals surface area contributed by atoms with Gasteiger partial charge in [0.15, 0.2) is 0 Å². The van der Waals surface area contributed by atoms with E-state index in [0.29, 0.717) is 0 Å². The minimum Gasteiger partial charge on any atom is -0.312 e. The zero-order chi connectivity index (χ0) is 10.4. The van der Waals surface area contributed by atoms with E-state index in [2.05, 4.69) is 31.1 Å². The highest BCUT2D eigenvalue weighted by molar-refractivity contribution is 7.11. The Morgan fingerprint density at radius 1 is 1.43 bits per heavy atom. The van der Waals surface area contributed by atoms with Crippen LogP contribution in [-0.4, -0.2) is 11.5 Å². The van der Waals surface area contributed by atoms with E-state index < -0.39 is 0 Å². The lowest BCUT2D eigenvalue weighted by Gasteiger charge is -2.12. The predicted molar refractivity (Wildman–Crippen MR) is 62.6 cm³/mol. The molecule has 3 heteroatoms. The molecule has 2 nitrogen and oxygen atoms in total. The van der Waals surface area contributed by atoms with Crippen LogP contribution in [0.1, 0.15) is 36.6 Å². The fourth-order valence-corrected chi connectivity index (χ4v) is 2.23. The minimum absolute atomic E-state index is 0.823. The maximum Gasteiger partial charge on any atom is 0.0897 e. The summed E-state index contributed by atoms with van der Waals surface area (Å²) in [5, 5.41) is 4.64. The Labute approximate surface area is 90.8 Å². The summed E-state index contributed by atoms with van der Waals surface area (Å²) in [7, 11) is 0. The van der Waals surface area contributed by atoms with Gasteiger partial charge in [-0.25, -0.2) is 4.98 Å². The number of aryl methyl sites for hydroxylation is 1. The van der Waals surface area contributed by atoms with Gasteiger partial charge < -0.3 is 5.32 Å². The molecule has 1 aromatic rings. The Kier molecular flexibility index (Phi) is 5.12. The first-order chi connectivity index (χ1) is 6.76. The van der Waals surface area contributed by atoms with E-state index in [1.807, 2.05) is 6.20 Å². The molecule has 0 bridgehead atoms. The first kappa shape index (κ1) is 11.7. The number of nitrogens with one attached hydrogen (secondary N) is 1. The maximum absolute atomic E-state index is 4.23. The normalized spacial score (nSPS) is 11.1. The molecular formula is C11H20N2S. The number of hydrogen-bond donors (Lipinski definition) is 1. The maximum atomic E-state index is 4.23. The lowest BCUT2D eigenvalue weighted by Crippen LogP contribution is -2.21. The van der Waals surface area contributed by atoms with Crippen molar-refractivity contribution in [2.75, 3.05) is 6.54 Å².